The average Bonchev–Trinajstić information content (AvgIpc) is 2.46. The number of piperidine rings is 1. The van der Waals surface area contributed by atoms with E-state index in [2.05, 4.69) is 30.8 Å². The Morgan fingerprint density at radius 3 is 3.10 bits per heavy atom. The van der Waals surface area contributed by atoms with E-state index in [0.717, 1.165) is 47.1 Å². The summed E-state index contributed by atoms with van der Waals surface area (Å²) in [6.07, 6.45) is 5.58. The van der Waals surface area contributed by atoms with Gasteiger partial charge in [-0.05, 0) is 47.8 Å². The first kappa shape index (κ1) is 13.8. The van der Waals surface area contributed by atoms with E-state index < -0.39 is 0 Å². The molecule has 2 aromatic rings. The van der Waals surface area contributed by atoms with Gasteiger partial charge in [-0.1, -0.05) is 0 Å². The van der Waals surface area contributed by atoms with Gasteiger partial charge in [-0.2, -0.15) is 0 Å². The molecule has 0 spiro atoms. The summed E-state index contributed by atoms with van der Waals surface area (Å²) in [5.41, 5.74) is 2.95. The maximum atomic E-state index is 9.83. The molecule has 3 heterocycles. The second-order valence-electron chi connectivity index (χ2n) is 5.44. The van der Waals surface area contributed by atoms with Crippen molar-refractivity contribution in [1.29, 1.82) is 0 Å². The third-order valence-corrected chi connectivity index (χ3v) is 4.44. The lowest BCUT2D eigenvalue weighted by atomic mass is 9.93. The van der Waals surface area contributed by atoms with Gasteiger partial charge in [0, 0.05) is 35.9 Å². The number of aliphatic hydroxyl groups is 1. The first-order chi connectivity index (χ1) is 9.65. The zero-order chi connectivity index (χ0) is 14.1. The minimum atomic E-state index is -0.256. The third-order valence-electron chi connectivity index (χ3n) is 4.00. The standard InChI is InChI=1S/C15H18BrN3O/c1-10(20)11-3-2-6-19(9-11)14-4-5-17-13-7-12(16)8-18-15(13)14/h4-5,7-8,10-11,20H,2-3,6,9H2,1H3/t10-,11-/m0/s1. The Morgan fingerprint density at radius 1 is 1.45 bits per heavy atom. The Morgan fingerprint density at radius 2 is 2.30 bits per heavy atom. The summed E-state index contributed by atoms with van der Waals surface area (Å²) in [5, 5.41) is 9.83. The van der Waals surface area contributed by atoms with E-state index in [-0.39, 0.29) is 6.10 Å². The van der Waals surface area contributed by atoms with E-state index in [9.17, 15) is 5.11 Å². The van der Waals surface area contributed by atoms with Crippen molar-refractivity contribution < 1.29 is 5.11 Å². The highest BCUT2D eigenvalue weighted by atomic mass is 79.9. The molecule has 1 aliphatic rings. The predicted octanol–water partition coefficient (Wildman–Crippen LogP) is 2.99. The smallest absolute Gasteiger partial charge is 0.112 e. The molecule has 106 valence electrons. The summed E-state index contributed by atoms with van der Waals surface area (Å²) in [7, 11) is 0. The summed E-state index contributed by atoms with van der Waals surface area (Å²) >= 11 is 3.43. The molecule has 5 heteroatoms. The zero-order valence-corrected chi connectivity index (χ0v) is 13.0. The molecule has 4 nitrogen and oxygen atoms in total. The molecule has 0 unspecified atom stereocenters. The molecule has 0 aliphatic carbocycles. The van der Waals surface area contributed by atoms with Crippen LogP contribution in [-0.2, 0) is 0 Å². The first-order valence-corrected chi connectivity index (χ1v) is 7.78. The monoisotopic (exact) mass is 335 g/mol. The Balaban J connectivity index is 1.97. The third kappa shape index (κ3) is 2.65. The highest BCUT2D eigenvalue weighted by Crippen LogP contribution is 2.30. The van der Waals surface area contributed by atoms with Crippen LogP contribution in [0.25, 0.3) is 11.0 Å². The Kier molecular flexibility index (Phi) is 3.89. The molecule has 2 aromatic heterocycles. The van der Waals surface area contributed by atoms with Gasteiger partial charge in [0.05, 0.1) is 17.3 Å². The van der Waals surface area contributed by atoms with E-state index in [0.29, 0.717) is 5.92 Å². The van der Waals surface area contributed by atoms with Gasteiger partial charge in [0.1, 0.15) is 5.52 Å². The van der Waals surface area contributed by atoms with Crippen LogP contribution < -0.4 is 4.90 Å². The minimum absolute atomic E-state index is 0.256. The average molecular weight is 336 g/mol. The number of halogens is 1. The van der Waals surface area contributed by atoms with Gasteiger partial charge in [0.2, 0.25) is 0 Å². The predicted molar refractivity (Wildman–Crippen MR) is 83.9 cm³/mol. The lowest BCUT2D eigenvalue weighted by Gasteiger charge is -2.35. The molecule has 1 saturated heterocycles. The summed E-state index contributed by atoms with van der Waals surface area (Å²) in [6, 6.07) is 4.01. The highest BCUT2D eigenvalue weighted by molar-refractivity contribution is 9.10. The van der Waals surface area contributed by atoms with Gasteiger partial charge < -0.3 is 10.0 Å². The van der Waals surface area contributed by atoms with Gasteiger partial charge in [0.15, 0.2) is 0 Å². The first-order valence-electron chi connectivity index (χ1n) is 6.98. The van der Waals surface area contributed by atoms with Crippen molar-refractivity contribution in [3.63, 3.8) is 0 Å². The fourth-order valence-electron chi connectivity index (χ4n) is 2.87. The van der Waals surface area contributed by atoms with Crippen molar-refractivity contribution in [2.24, 2.45) is 5.92 Å². The van der Waals surface area contributed by atoms with Crippen molar-refractivity contribution >= 4 is 32.7 Å². The van der Waals surface area contributed by atoms with Gasteiger partial charge >= 0.3 is 0 Å². The van der Waals surface area contributed by atoms with Crippen LogP contribution in [0.2, 0.25) is 0 Å². The largest absolute Gasteiger partial charge is 0.393 e. The Bertz CT molecular complexity index is 617. The van der Waals surface area contributed by atoms with Crippen molar-refractivity contribution in [3.05, 3.63) is 29.0 Å². The molecule has 0 saturated carbocycles. The molecule has 0 bridgehead atoms. The number of hydrogen-bond donors (Lipinski definition) is 1. The summed E-state index contributed by atoms with van der Waals surface area (Å²) in [6.45, 7) is 3.78. The number of pyridine rings is 2. The highest BCUT2D eigenvalue weighted by Gasteiger charge is 2.24. The lowest BCUT2D eigenvalue weighted by Crippen LogP contribution is -2.39. The van der Waals surface area contributed by atoms with Gasteiger partial charge in [0.25, 0.3) is 0 Å². The minimum Gasteiger partial charge on any atom is -0.393 e. The van der Waals surface area contributed by atoms with Crippen molar-refractivity contribution in [2.75, 3.05) is 18.0 Å². The topological polar surface area (TPSA) is 49.2 Å². The van der Waals surface area contributed by atoms with Crippen LogP contribution in [0.1, 0.15) is 19.8 Å². The van der Waals surface area contributed by atoms with Crippen LogP contribution in [0.3, 0.4) is 0 Å². The molecule has 0 amide bonds. The maximum absolute atomic E-state index is 9.83. The van der Waals surface area contributed by atoms with Crippen LogP contribution >= 0.6 is 15.9 Å². The van der Waals surface area contributed by atoms with Gasteiger partial charge in [-0.25, -0.2) is 0 Å². The number of hydrogen-bond acceptors (Lipinski definition) is 4. The second kappa shape index (κ2) is 5.66. The molecule has 1 aliphatic heterocycles. The lowest BCUT2D eigenvalue weighted by molar-refractivity contribution is 0.115. The second-order valence-corrected chi connectivity index (χ2v) is 6.36. The molecule has 0 radical (unpaired) electrons. The van der Waals surface area contributed by atoms with Crippen LogP contribution in [0, 0.1) is 5.92 Å². The van der Waals surface area contributed by atoms with Crippen LogP contribution in [0.4, 0.5) is 5.69 Å². The van der Waals surface area contributed by atoms with Crippen LogP contribution in [0.5, 0.6) is 0 Å². The number of anilines is 1. The van der Waals surface area contributed by atoms with Crippen molar-refractivity contribution in [2.45, 2.75) is 25.9 Å². The summed E-state index contributed by atoms with van der Waals surface area (Å²) in [4.78, 5) is 11.2. The van der Waals surface area contributed by atoms with Crippen molar-refractivity contribution in [3.8, 4) is 0 Å². The quantitative estimate of drug-likeness (QED) is 0.916. The van der Waals surface area contributed by atoms with E-state index in [4.69, 9.17) is 0 Å². The number of fused-ring (bicyclic) bond motifs is 1. The molecule has 0 aromatic carbocycles. The van der Waals surface area contributed by atoms with E-state index in [1.165, 1.54) is 0 Å². The van der Waals surface area contributed by atoms with E-state index in [1.54, 1.807) is 0 Å². The molecule has 3 rings (SSSR count). The summed E-state index contributed by atoms with van der Waals surface area (Å²) in [5.74, 6) is 0.336. The van der Waals surface area contributed by atoms with E-state index in [1.807, 2.05) is 31.5 Å². The number of aliphatic hydroxyl groups excluding tert-OH is 1. The van der Waals surface area contributed by atoms with Crippen molar-refractivity contribution in [1.82, 2.24) is 9.97 Å². The normalized spacial score (nSPS) is 21.1. The molecule has 1 fully saturated rings. The molecule has 20 heavy (non-hydrogen) atoms. The fraction of sp³-hybridized carbons (Fsp3) is 0.467. The molecule has 1 N–H and O–H groups in total. The van der Waals surface area contributed by atoms with Gasteiger partial charge in [-0.15, -0.1) is 0 Å². The maximum Gasteiger partial charge on any atom is 0.112 e. The fourth-order valence-corrected chi connectivity index (χ4v) is 3.19. The van der Waals surface area contributed by atoms with Crippen LogP contribution in [-0.4, -0.2) is 34.3 Å². The van der Waals surface area contributed by atoms with E-state index >= 15 is 0 Å². The Labute approximate surface area is 127 Å². The zero-order valence-electron chi connectivity index (χ0n) is 11.5. The number of nitrogens with zero attached hydrogens (tertiary/aromatic N) is 3. The number of rotatable bonds is 2. The van der Waals surface area contributed by atoms with Crippen LogP contribution in [0.15, 0.2) is 29.0 Å². The number of aromatic nitrogens is 2. The summed E-state index contributed by atoms with van der Waals surface area (Å²) < 4.78 is 0.940. The molecule has 2 atom stereocenters. The Hall–Kier alpha value is -1.20. The SMILES string of the molecule is C[C@H](O)[C@H]1CCCN(c2ccnc3cc(Br)cnc23)C1. The molecular weight excluding hydrogens is 318 g/mol. The van der Waals surface area contributed by atoms with Gasteiger partial charge in [-0.3, -0.25) is 9.97 Å². The molecular formula is C15H18BrN3O.